The van der Waals surface area contributed by atoms with Crippen LogP contribution in [0, 0.1) is 5.92 Å². The monoisotopic (exact) mass is 169 g/mol. The maximum absolute atomic E-state index is 3.41. The van der Waals surface area contributed by atoms with Crippen molar-refractivity contribution in [3.05, 3.63) is 0 Å². The van der Waals surface area contributed by atoms with Crippen molar-refractivity contribution in [3.8, 4) is 0 Å². The quantitative estimate of drug-likeness (QED) is 0.636. The molecule has 1 rings (SSSR count). The Kier molecular flexibility index (Phi) is 4.67. The molecule has 1 saturated carbocycles. The summed E-state index contributed by atoms with van der Waals surface area (Å²) in [4.78, 5) is 0. The van der Waals surface area contributed by atoms with E-state index in [9.17, 15) is 0 Å². The Labute approximate surface area is 76.9 Å². The van der Waals surface area contributed by atoms with Crippen molar-refractivity contribution in [2.24, 2.45) is 5.92 Å². The van der Waals surface area contributed by atoms with Gasteiger partial charge in [0.2, 0.25) is 0 Å². The molecular weight excluding hydrogens is 146 g/mol. The third-order valence-electron chi connectivity index (χ3n) is 3.16. The Hall–Kier alpha value is -0.0400. The zero-order valence-corrected chi connectivity index (χ0v) is 8.60. The van der Waals surface area contributed by atoms with Gasteiger partial charge in [-0.05, 0) is 25.8 Å². The lowest BCUT2D eigenvalue weighted by Crippen LogP contribution is -2.24. The van der Waals surface area contributed by atoms with E-state index in [0.29, 0.717) is 0 Å². The van der Waals surface area contributed by atoms with E-state index in [-0.39, 0.29) is 0 Å². The average molecular weight is 169 g/mol. The molecule has 1 fully saturated rings. The van der Waals surface area contributed by atoms with Crippen molar-refractivity contribution >= 4 is 0 Å². The summed E-state index contributed by atoms with van der Waals surface area (Å²) in [6.07, 6.45) is 9.97. The third kappa shape index (κ3) is 3.57. The summed E-state index contributed by atoms with van der Waals surface area (Å²) in [5, 5.41) is 3.41. The first-order valence-corrected chi connectivity index (χ1v) is 5.50. The molecule has 1 heteroatoms. The van der Waals surface area contributed by atoms with Gasteiger partial charge in [0.05, 0.1) is 0 Å². The summed E-state index contributed by atoms with van der Waals surface area (Å²) in [5.41, 5.74) is 0. The molecule has 0 saturated heterocycles. The van der Waals surface area contributed by atoms with Crippen molar-refractivity contribution in [2.75, 3.05) is 7.05 Å². The van der Waals surface area contributed by atoms with Gasteiger partial charge in [-0.15, -0.1) is 0 Å². The number of nitrogens with one attached hydrogen (secondary N) is 1. The Morgan fingerprint density at radius 3 is 2.25 bits per heavy atom. The van der Waals surface area contributed by atoms with Gasteiger partial charge in [0.1, 0.15) is 0 Å². The number of rotatable bonds is 1. The van der Waals surface area contributed by atoms with Gasteiger partial charge in [0.15, 0.2) is 0 Å². The van der Waals surface area contributed by atoms with Crippen molar-refractivity contribution in [3.63, 3.8) is 0 Å². The lowest BCUT2D eigenvalue weighted by atomic mass is 9.99. The van der Waals surface area contributed by atoms with Crippen LogP contribution in [-0.4, -0.2) is 13.1 Å². The van der Waals surface area contributed by atoms with E-state index >= 15 is 0 Å². The first-order chi connectivity index (χ1) is 5.83. The second kappa shape index (κ2) is 5.58. The molecule has 1 nitrogen and oxygen atoms in total. The third-order valence-corrected chi connectivity index (χ3v) is 3.16. The van der Waals surface area contributed by atoms with E-state index in [4.69, 9.17) is 0 Å². The zero-order chi connectivity index (χ0) is 8.81. The van der Waals surface area contributed by atoms with Crippen LogP contribution in [0.5, 0.6) is 0 Å². The van der Waals surface area contributed by atoms with E-state index in [1.807, 2.05) is 0 Å². The topological polar surface area (TPSA) is 12.0 Å². The van der Waals surface area contributed by atoms with E-state index in [1.165, 1.54) is 44.9 Å². The predicted octanol–water partition coefficient (Wildman–Crippen LogP) is 2.95. The van der Waals surface area contributed by atoms with Crippen LogP contribution < -0.4 is 5.32 Å². The summed E-state index contributed by atoms with van der Waals surface area (Å²) >= 11 is 0. The van der Waals surface area contributed by atoms with Gasteiger partial charge in [-0.1, -0.05) is 39.0 Å². The SMILES string of the molecule is CNC1CCCCC(C)CCC1. The van der Waals surface area contributed by atoms with Gasteiger partial charge < -0.3 is 5.32 Å². The summed E-state index contributed by atoms with van der Waals surface area (Å²) in [5.74, 6) is 0.973. The highest BCUT2D eigenvalue weighted by Gasteiger charge is 2.10. The van der Waals surface area contributed by atoms with Gasteiger partial charge in [-0.25, -0.2) is 0 Å². The molecule has 0 aliphatic heterocycles. The highest BCUT2D eigenvalue weighted by Crippen LogP contribution is 2.21. The summed E-state index contributed by atoms with van der Waals surface area (Å²) in [6, 6.07) is 0.801. The molecule has 0 bridgehead atoms. The van der Waals surface area contributed by atoms with Gasteiger partial charge in [0, 0.05) is 6.04 Å². The van der Waals surface area contributed by atoms with Crippen LogP contribution in [-0.2, 0) is 0 Å². The van der Waals surface area contributed by atoms with Gasteiger partial charge >= 0.3 is 0 Å². The Morgan fingerprint density at radius 1 is 0.917 bits per heavy atom. The van der Waals surface area contributed by atoms with Crippen molar-refractivity contribution in [1.29, 1.82) is 0 Å². The number of hydrogen-bond donors (Lipinski definition) is 1. The molecule has 72 valence electrons. The fraction of sp³-hybridized carbons (Fsp3) is 1.00. The molecule has 0 spiro atoms. The average Bonchev–Trinajstić information content (AvgIpc) is 2.17. The molecule has 0 heterocycles. The molecule has 1 N–H and O–H groups in total. The molecule has 2 unspecified atom stereocenters. The molecule has 0 aromatic carbocycles. The first-order valence-electron chi connectivity index (χ1n) is 5.50. The molecular formula is C11H23N. The Balaban J connectivity index is 2.26. The van der Waals surface area contributed by atoms with Crippen LogP contribution in [0.25, 0.3) is 0 Å². The zero-order valence-electron chi connectivity index (χ0n) is 8.60. The first kappa shape index (κ1) is 10.0. The lowest BCUT2D eigenvalue weighted by molar-refractivity contribution is 0.449. The molecule has 0 aromatic rings. The van der Waals surface area contributed by atoms with Crippen molar-refractivity contribution in [2.45, 2.75) is 57.9 Å². The minimum atomic E-state index is 0.801. The van der Waals surface area contributed by atoms with E-state index in [1.54, 1.807) is 0 Å². The van der Waals surface area contributed by atoms with E-state index in [0.717, 1.165) is 12.0 Å². The fourth-order valence-corrected chi connectivity index (χ4v) is 2.17. The Bertz CT molecular complexity index is 112. The van der Waals surface area contributed by atoms with Crippen LogP contribution in [0.4, 0.5) is 0 Å². The lowest BCUT2D eigenvalue weighted by Gasteiger charge is -2.14. The van der Waals surface area contributed by atoms with Gasteiger partial charge in [0.25, 0.3) is 0 Å². The van der Waals surface area contributed by atoms with Crippen LogP contribution in [0.15, 0.2) is 0 Å². The highest BCUT2D eigenvalue weighted by atomic mass is 14.9. The highest BCUT2D eigenvalue weighted by molar-refractivity contribution is 4.68. The summed E-state index contributed by atoms with van der Waals surface area (Å²) in [7, 11) is 2.10. The van der Waals surface area contributed by atoms with Crippen LogP contribution >= 0.6 is 0 Å². The molecule has 0 radical (unpaired) electrons. The van der Waals surface area contributed by atoms with Gasteiger partial charge in [-0.3, -0.25) is 0 Å². The van der Waals surface area contributed by atoms with Crippen LogP contribution in [0.3, 0.4) is 0 Å². The van der Waals surface area contributed by atoms with Crippen molar-refractivity contribution in [1.82, 2.24) is 5.32 Å². The smallest absolute Gasteiger partial charge is 0.00640 e. The largest absolute Gasteiger partial charge is 0.317 e. The molecule has 0 amide bonds. The maximum atomic E-state index is 3.41. The van der Waals surface area contributed by atoms with Gasteiger partial charge in [-0.2, -0.15) is 0 Å². The molecule has 2 atom stereocenters. The summed E-state index contributed by atoms with van der Waals surface area (Å²) < 4.78 is 0. The minimum Gasteiger partial charge on any atom is -0.317 e. The van der Waals surface area contributed by atoms with Crippen LogP contribution in [0.2, 0.25) is 0 Å². The number of hydrogen-bond acceptors (Lipinski definition) is 1. The molecule has 1 aliphatic carbocycles. The maximum Gasteiger partial charge on any atom is 0.00640 e. The van der Waals surface area contributed by atoms with Crippen molar-refractivity contribution < 1.29 is 0 Å². The van der Waals surface area contributed by atoms with E-state index < -0.39 is 0 Å². The second-order valence-electron chi connectivity index (χ2n) is 4.31. The molecule has 12 heavy (non-hydrogen) atoms. The normalized spacial score (nSPS) is 33.5. The second-order valence-corrected chi connectivity index (χ2v) is 4.31. The molecule has 1 aliphatic rings. The predicted molar refractivity (Wildman–Crippen MR) is 54.3 cm³/mol. The standard InChI is InChI=1S/C11H23N/c1-10-6-3-4-8-11(12-2)9-5-7-10/h10-12H,3-9H2,1-2H3. The molecule has 0 aromatic heterocycles. The van der Waals surface area contributed by atoms with Crippen LogP contribution in [0.1, 0.15) is 51.9 Å². The van der Waals surface area contributed by atoms with E-state index in [2.05, 4.69) is 19.3 Å². The fourth-order valence-electron chi connectivity index (χ4n) is 2.17. The Morgan fingerprint density at radius 2 is 1.50 bits per heavy atom. The summed E-state index contributed by atoms with van der Waals surface area (Å²) in [6.45, 7) is 2.40. The minimum absolute atomic E-state index is 0.801.